The monoisotopic (exact) mass is 308 g/mol. The number of aliphatic hydroxyl groups is 1. The molecule has 1 aromatic rings. The largest absolute Gasteiger partial charge is 0.388 e. The molecule has 0 saturated carbocycles. The quantitative estimate of drug-likeness (QED) is 0.868. The van der Waals surface area contributed by atoms with Crippen LogP contribution >= 0.6 is 0 Å². The molecule has 5 heteroatoms. The van der Waals surface area contributed by atoms with Crippen LogP contribution in [0.1, 0.15) is 26.3 Å². The highest BCUT2D eigenvalue weighted by Gasteiger charge is 2.47. The van der Waals surface area contributed by atoms with Gasteiger partial charge in [-0.3, -0.25) is 9.69 Å². The van der Waals surface area contributed by atoms with Gasteiger partial charge in [0.15, 0.2) is 0 Å². The highest BCUT2D eigenvalue weighted by Crippen LogP contribution is 2.37. The molecule has 122 valence electrons. The van der Waals surface area contributed by atoms with Crippen LogP contribution in [0.25, 0.3) is 0 Å². The van der Waals surface area contributed by atoms with Crippen molar-refractivity contribution in [3.8, 4) is 0 Å². The average Bonchev–Trinajstić information content (AvgIpc) is 2.59. The maximum atomic E-state index is 12.8. The Hall–Kier alpha value is -1.46. The van der Waals surface area contributed by atoms with Crippen LogP contribution in [-0.4, -0.2) is 47.7 Å². The van der Waals surface area contributed by atoms with E-state index in [0.29, 0.717) is 32.6 Å². The number of amides is 1. The zero-order valence-electron chi connectivity index (χ0n) is 13.5. The maximum absolute atomic E-state index is 12.8. The van der Waals surface area contributed by atoms with Crippen molar-refractivity contribution < 1.29 is 14.3 Å². The third-order valence-electron chi connectivity index (χ3n) is 4.62. The number of likely N-dealkylation sites (tertiary alicyclic amines) is 1. The first-order valence-corrected chi connectivity index (χ1v) is 7.65. The van der Waals surface area contributed by atoms with Crippen LogP contribution in [0.5, 0.6) is 0 Å². The number of nitrogens with one attached hydrogen (secondary N) is 1. The summed E-state index contributed by atoms with van der Waals surface area (Å²) in [7, 11) is 0. The van der Waals surface area contributed by atoms with Crippen LogP contribution in [0.15, 0.2) is 24.3 Å². The van der Waals surface area contributed by atoms with Crippen LogP contribution in [0.2, 0.25) is 0 Å². The van der Waals surface area contributed by atoms with Crippen molar-refractivity contribution in [3.05, 3.63) is 35.6 Å². The lowest BCUT2D eigenvalue weighted by molar-refractivity contribution is -0.122. The molecule has 1 atom stereocenters. The number of carbonyl (C=O) groups is 1. The van der Waals surface area contributed by atoms with E-state index in [4.69, 9.17) is 0 Å². The highest BCUT2D eigenvalue weighted by molar-refractivity contribution is 5.78. The second-order valence-electron chi connectivity index (χ2n) is 7.03. The van der Waals surface area contributed by atoms with Crippen LogP contribution in [0.3, 0.4) is 0 Å². The first-order chi connectivity index (χ1) is 10.2. The van der Waals surface area contributed by atoms with Gasteiger partial charge in [0.2, 0.25) is 5.91 Å². The highest BCUT2D eigenvalue weighted by atomic mass is 19.1. The summed E-state index contributed by atoms with van der Waals surface area (Å²) in [6.07, 6.45) is 0.676. The smallest absolute Gasteiger partial charge is 0.234 e. The van der Waals surface area contributed by atoms with Crippen LogP contribution in [-0.2, 0) is 11.2 Å². The van der Waals surface area contributed by atoms with Crippen molar-refractivity contribution in [2.45, 2.75) is 32.8 Å². The van der Waals surface area contributed by atoms with Crippen LogP contribution in [0, 0.1) is 11.2 Å². The van der Waals surface area contributed by atoms with Gasteiger partial charge in [0, 0.05) is 25.0 Å². The van der Waals surface area contributed by atoms with Crippen molar-refractivity contribution in [3.63, 3.8) is 0 Å². The van der Waals surface area contributed by atoms with Gasteiger partial charge in [-0.1, -0.05) is 26.0 Å². The molecular formula is C17H25FN2O2. The number of hydrogen-bond donors (Lipinski definition) is 2. The molecule has 1 heterocycles. The molecule has 0 bridgehead atoms. The molecule has 1 fully saturated rings. The molecule has 1 aliphatic rings. The maximum Gasteiger partial charge on any atom is 0.234 e. The SMILES string of the molecule is CC1(C)CN(CC(=O)NCCc2ccc(F)cc2)C[C@@]1(C)O. The zero-order valence-corrected chi connectivity index (χ0v) is 13.5. The molecule has 1 aromatic carbocycles. The fourth-order valence-corrected chi connectivity index (χ4v) is 2.80. The van der Waals surface area contributed by atoms with E-state index in [1.54, 1.807) is 12.1 Å². The number of benzene rings is 1. The van der Waals surface area contributed by atoms with Crippen LogP contribution in [0.4, 0.5) is 4.39 Å². The lowest BCUT2D eigenvalue weighted by Gasteiger charge is -2.31. The summed E-state index contributed by atoms with van der Waals surface area (Å²) in [5.74, 6) is -0.299. The van der Waals surface area contributed by atoms with Crippen molar-refractivity contribution in [1.82, 2.24) is 10.2 Å². The summed E-state index contributed by atoms with van der Waals surface area (Å²) >= 11 is 0. The van der Waals surface area contributed by atoms with E-state index in [0.717, 1.165) is 5.56 Å². The van der Waals surface area contributed by atoms with E-state index in [2.05, 4.69) is 5.32 Å². The van der Waals surface area contributed by atoms with Crippen LogP contribution < -0.4 is 5.32 Å². The molecule has 0 radical (unpaired) electrons. The molecule has 0 spiro atoms. The summed E-state index contributed by atoms with van der Waals surface area (Å²) in [5, 5.41) is 13.2. The number of halogens is 1. The van der Waals surface area contributed by atoms with Gasteiger partial charge in [0.25, 0.3) is 0 Å². The lowest BCUT2D eigenvalue weighted by atomic mass is 9.79. The first kappa shape index (κ1) is 16.9. The Labute approximate surface area is 131 Å². The molecule has 2 rings (SSSR count). The Morgan fingerprint density at radius 1 is 1.27 bits per heavy atom. The molecule has 2 N–H and O–H groups in total. The van der Waals surface area contributed by atoms with E-state index in [1.165, 1.54) is 12.1 Å². The predicted octanol–water partition coefficient (Wildman–Crippen LogP) is 1.58. The fourth-order valence-electron chi connectivity index (χ4n) is 2.80. The lowest BCUT2D eigenvalue weighted by Crippen LogP contribution is -2.40. The van der Waals surface area contributed by atoms with E-state index in [1.807, 2.05) is 25.7 Å². The van der Waals surface area contributed by atoms with Gasteiger partial charge < -0.3 is 10.4 Å². The number of carbonyl (C=O) groups excluding carboxylic acids is 1. The Morgan fingerprint density at radius 2 is 1.91 bits per heavy atom. The Balaban J connectivity index is 1.74. The summed E-state index contributed by atoms with van der Waals surface area (Å²) in [4.78, 5) is 14.0. The van der Waals surface area contributed by atoms with Gasteiger partial charge in [0.1, 0.15) is 5.82 Å². The zero-order chi connectivity index (χ0) is 16.4. The molecule has 4 nitrogen and oxygen atoms in total. The van der Waals surface area contributed by atoms with E-state index < -0.39 is 5.60 Å². The van der Waals surface area contributed by atoms with Gasteiger partial charge in [-0.05, 0) is 31.0 Å². The third kappa shape index (κ3) is 4.05. The normalized spacial score (nSPS) is 24.4. The van der Waals surface area contributed by atoms with E-state index in [9.17, 15) is 14.3 Å². The number of hydrogen-bond acceptors (Lipinski definition) is 3. The number of nitrogens with zero attached hydrogens (tertiary/aromatic N) is 1. The van der Waals surface area contributed by atoms with Gasteiger partial charge in [-0.15, -0.1) is 0 Å². The van der Waals surface area contributed by atoms with Gasteiger partial charge in [-0.25, -0.2) is 4.39 Å². The number of rotatable bonds is 5. The minimum absolute atomic E-state index is 0.0457. The van der Waals surface area contributed by atoms with Crippen molar-refractivity contribution in [1.29, 1.82) is 0 Å². The minimum Gasteiger partial charge on any atom is -0.388 e. The molecule has 0 aromatic heterocycles. The van der Waals surface area contributed by atoms with E-state index in [-0.39, 0.29) is 17.1 Å². The van der Waals surface area contributed by atoms with Crippen molar-refractivity contribution in [2.75, 3.05) is 26.2 Å². The second-order valence-corrected chi connectivity index (χ2v) is 7.03. The Kier molecular flexibility index (Phi) is 4.87. The molecule has 1 saturated heterocycles. The molecule has 1 aliphatic heterocycles. The predicted molar refractivity (Wildman–Crippen MR) is 84.0 cm³/mol. The summed E-state index contributed by atoms with van der Waals surface area (Å²) in [6, 6.07) is 6.29. The summed E-state index contributed by atoms with van der Waals surface area (Å²) < 4.78 is 12.8. The Bertz CT molecular complexity index is 510. The Morgan fingerprint density at radius 3 is 2.45 bits per heavy atom. The fraction of sp³-hybridized carbons (Fsp3) is 0.588. The minimum atomic E-state index is -0.776. The molecule has 0 aliphatic carbocycles. The van der Waals surface area contributed by atoms with Crippen molar-refractivity contribution >= 4 is 5.91 Å². The standard InChI is InChI=1S/C17H25FN2O2/c1-16(2)11-20(12-17(16,3)22)10-15(21)19-9-8-13-4-6-14(18)7-5-13/h4-7,22H,8-12H2,1-3H3,(H,19,21)/t17-/m1/s1. The molecule has 0 unspecified atom stereocenters. The molecule has 22 heavy (non-hydrogen) atoms. The topological polar surface area (TPSA) is 52.6 Å². The molecular weight excluding hydrogens is 283 g/mol. The van der Waals surface area contributed by atoms with Gasteiger partial charge >= 0.3 is 0 Å². The summed E-state index contributed by atoms with van der Waals surface area (Å²) in [5.41, 5.74) is -0.00470. The van der Waals surface area contributed by atoms with Gasteiger partial charge in [-0.2, -0.15) is 0 Å². The average molecular weight is 308 g/mol. The first-order valence-electron chi connectivity index (χ1n) is 7.65. The number of β-amino-alcohol motifs (C(OH)–C–C–N with tert-alkyl or cyclic N) is 1. The van der Waals surface area contributed by atoms with Crippen molar-refractivity contribution in [2.24, 2.45) is 5.41 Å². The second kappa shape index (κ2) is 6.34. The third-order valence-corrected chi connectivity index (χ3v) is 4.62. The molecule has 1 amide bonds. The van der Waals surface area contributed by atoms with Gasteiger partial charge in [0.05, 0.1) is 12.1 Å². The summed E-state index contributed by atoms with van der Waals surface area (Å²) in [6.45, 7) is 7.87. The van der Waals surface area contributed by atoms with E-state index >= 15 is 0 Å².